The molecule has 45 heavy (non-hydrogen) atoms. The van der Waals surface area contributed by atoms with E-state index in [-0.39, 0.29) is 37.7 Å². The van der Waals surface area contributed by atoms with E-state index < -0.39 is 41.4 Å². The van der Waals surface area contributed by atoms with Crippen LogP contribution in [0.2, 0.25) is 0 Å². The number of ether oxygens (including phenoxy) is 3. The summed E-state index contributed by atoms with van der Waals surface area (Å²) < 4.78 is 15.9. The molecule has 4 atom stereocenters. The van der Waals surface area contributed by atoms with Gasteiger partial charge < -0.3 is 35.9 Å². The van der Waals surface area contributed by atoms with Crippen molar-refractivity contribution in [2.24, 2.45) is 5.73 Å². The molecule has 2 saturated heterocycles. The highest BCUT2D eigenvalue weighted by Crippen LogP contribution is 2.29. The summed E-state index contributed by atoms with van der Waals surface area (Å²) in [6, 6.07) is 10.5. The number of methoxy groups -OCH3 is 1. The zero-order valence-electron chi connectivity index (χ0n) is 25.8. The molecule has 0 unspecified atom stereocenters. The van der Waals surface area contributed by atoms with Gasteiger partial charge in [0.15, 0.2) is 5.78 Å². The van der Waals surface area contributed by atoms with Gasteiger partial charge in [-0.25, -0.2) is 0 Å². The molecule has 2 aromatic carbocycles. The summed E-state index contributed by atoms with van der Waals surface area (Å²) in [5.41, 5.74) is 6.07. The van der Waals surface area contributed by atoms with E-state index in [1.165, 1.54) is 0 Å². The number of primary amides is 1. The van der Waals surface area contributed by atoms with Crippen LogP contribution in [0.15, 0.2) is 48.5 Å². The van der Waals surface area contributed by atoms with Crippen molar-refractivity contribution in [3.8, 4) is 5.75 Å². The number of hydrogen-bond acceptors (Lipinski definition) is 9. The van der Waals surface area contributed by atoms with Crippen molar-refractivity contribution in [3.05, 3.63) is 65.2 Å². The molecule has 0 saturated carbocycles. The first kappa shape index (κ1) is 33.6. The minimum atomic E-state index is -1.08. The van der Waals surface area contributed by atoms with Gasteiger partial charge in [0, 0.05) is 25.1 Å². The molecule has 2 heterocycles. The predicted molar refractivity (Wildman–Crippen MR) is 163 cm³/mol. The quantitative estimate of drug-likeness (QED) is 0.194. The Morgan fingerprint density at radius 2 is 1.44 bits per heavy atom. The Kier molecular flexibility index (Phi) is 11.3. The van der Waals surface area contributed by atoms with Gasteiger partial charge in [-0.2, -0.15) is 0 Å². The number of nitrogens with zero attached hydrogens (tertiary/aromatic N) is 1. The molecule has 5 N–H and O–H groups in total. The first-order chi connectivity index (χ1) is 21.5. The lowest BCUT2D eigenvalue weighted by molar-refractivity contribution is -0.134. The van der Waals surface area contributed by atoms with Crippen LogP contribution in [0.5, 0.6) is 5.75 Å². The third-order valence-electron chi connectivity index (χ3n) is 7.88. The Labute approximate surface area is 262 Å². The molecule has 2 aliphatic heterocycles. The average molecular weight is 624 g/mol. The fraction of sp³-hybridized carbons (Fsp3) is 0.469. The van der Waals surface area contributed by atoms with E-state index in [0.29, 0.717) is 43.2 Å². The summed E-state index contributed by atoms with van der Waals surface area (Å²) in [5, 5.41) is 8.28. The second-order valence-electron chi connectivity index (χ2n) is 11.5. The first-order valence-electron chi connectivity index (χ1n) is 14.9. The van der Waals surface area contributed by atoms with E-state index >= 15 is 0 Å². The number of epoxide rings is 1. The number of carbonyl (C=O) groups is 5. The maximum atomic E-state index is 13.8. The number of nitrogens with two attached hydrogens (primary N) is 1. The molecule has 0 aliphatic carbocycles. The van der Waals surface area contributed by atoms with Crippen LogP contribution in [0.4, 0.5) is 0 Å². The Morgan fingerprint density at radius 3 is 2.00 bits per heavy atom. The third-order valence-corrected chi connectivity index (χ3v) is 7.88. The molecule has 2 aliphatic rings. The molecule has 13 heteroatoms. The SMILES string of the molecule is COc1ccc(C[C@H](NC(=O)[C@H](C)NC(=O)CN2CCOCC2)C(=O)N[C@@H](Cc2ccc(C(N)=O)cc2)C(=O)[C@@]2(C)CO2)cc1. The number of hydrogen-bond donors (Lipinski definition) is 4. The van der Waals surface area contributed by atoms with Gasteiger partial charge in [-0.05, 0) is 55.7 Å². The maximum absolute atomic E-state index is 13.8. The van der Waals surface area contributed by atoms with E-state index in [4.69, 9.17) is 19.9 Å². The second kappa shape index (κ2) is 15.1. The highest BCUT2D eigenvalue weighted by Gasteiger charge is 2.50. The van der Waals surface area contributed by atoms with Crippen molar-refractivity contribution in [1.29, 1.82) is 0 Å². The fourth-order valence-electron chi connectivity index (χ4n) is 4.96. The summed E-state index contributed by atoms with van der Waals surface area (Å²) in [5.74, 6) is -1.71. The fourth-order valence-corrected chi connectivity index (χ4v) is 4.96. The van der Waals surface area contributed by atoms with Gasteiger partial charge in [0.25, 0.3) is 0 Å². The number of carbonyl (C=O) groups excluding carboxylic acids is 5. The van der Waals surface area contributed by atoms with Crippen molar-refractivity contribution in [2.45, 2.75) is 50.4 Å². The zero-order valence-corrected chi connectivity index (χ0v) is 25.8. The Balaban J connectivity index is 1.48. The second-order valence-corrected chi connectivity index (χ2v) is 11.5. The van der Waals surface area contributed by atoms with Crippen molar-refractivity contribution in [2.75, 3.05) is 46.6 Å². The molecule has 0 bridgehead atoms. The zero-order chi connectivity index (χ0) is 32.6. The number of Topliss-reactive ketones (excluding diaryl/α,β-unsaturated/α-hetero) is 1. The van der Waals surface area contributed by atoms with Crippen LogP contribution in [0, 0.1) is 0 Å². The molecule has 0 aromatic heterocycles. The number of benzene rings is 2. The molecule has 0 spiro atoms. The van der Waals surface area contributed by atoms with Crippen molar-refractivity contribution in [3.63, 3.8) is 0 Å². The number of amides is 4. The molecular weight excluding hydrogens is 582 g/mol. The van der Waals surface area contributed by atoms with Crippen molar-refractivity contribution < 1.29 is 38.2 Å². The van der Waals surface area contributed by atoms with Crippen LogP contribution in [0.1, 0.15) is 35.3 Å². The molecule has 4 amide bonds. The normalized spacial score (nSPS) is 19.8. The van der Waals surface area contributed by atoms with Crippen LogP contribution >= 0.6 is 0 Å². The van der Waals surface area contributed by atoms with Crippen LogP contribution in [0.3, 0.4) is 0 Å². The minimum Gasteiger partial charge on any atom is -0.497 e. The topological polar surface area (TPSA) is 182 Å². The van der Waals surface area contributed by atoms with Gasteiger partial charge in [0.05, 0.1) is 39.5 Å². The van der Waals surface area contributed by atoms with E-state index in [9.17, 15) is 24.0 Å². The van der Waals surface area contributed by atoms with Gasteiger partial charge in [-0.1, -0.05) is 24.3 Å². The van der Waals surface area contributed by atoms with Crippen molar-refractivity contribution >= 4 is 29.4 Å². The van der Waals surface area contributed by atoms with E-state index in [0.717, 1.165) is 5.56 Å². The highest BCUT2D eigenvalue weighted by molar-refractivity contribution is 5.98. The van der Waals surface area contributed by atoms with Gasteiger partial charge in [0.2, 0.25) is 23.6 Å². The van der Waals surface area contributed by atoms with Crippen LogP contribution in [-0.2, 0) is 41.5 Å². The maximum Gasteiger partial charge on any atom is 0.248 e. The van der Waals surface area contributed by atoms with Crippen molar-refractivity contribution in [1.82, 2.24) is 20.9 Å². The minimum absolute atomic E-state index is 0.109. The highest BCUT2D eigenvalue weighted by atomic mass is 16.6. The molecule has 0 radical (unpaired) electrons. The summed E-state index contributed by atoms with van der Waals surface area (Å²) in [4.78, 5) is 66.5. The molecule has 13 nitrogen and oxygen atoms in total. The van der Waals surface area contributed by atoms with Gasteiger partial charge in [-0.15, -0.1) is 0 Å². The van der Waals surface area contributed by atoms with E-state index in [2.05, 4.69) is 16.0 Å². The lowest BCUT2D eigenvalue weighted by Crippen LogP contribution is -2.57. The van der Waals surface area contributed by atoms with E-state index in [1.54, 1.807) is 69.5 Å². The third kappa shape index (κ3) is 9.58. The Bertz CT molecular complexity index is 1370. The summed E-state index contributed by atoms with van der Waals surface area (Å²) in [7, 11) is 1.54. The summed E-state index contributed by atoms with van der Waals surface area (Å²) >= 11 is 0. The smallest absolute Gasteiger partial charge is 0.248 e. The Hall–Kier alpha value is -4.33. The van der Waals surface area contributed by atoms with Gasteiger partial charge >= 0.3 is 0 Å². The van der Waals surface area contributed by atoms with Crippen LogP contribution in [-0.4, -0.2) is 105 Å². The molecular formula is C32H41N5O8. The van der Waals surface area contributed by atoms with Crippen LogP contribution < -0.4 is 26.4 Å². The number of morpholine rings is 1. The predicted octanol–water partition coefficient (Wildman–Crippen LogP) is -0.256. The lowest BCUT2D eigenvalue weighted by Gasteiger charge is -2.27. The molecule has 242 valence electrons. The van der Waals surface area contributed by atoms with Gasteiger partial charge in [-0.3, -0.25) is 28.9 Å². The largest absolute Gasteiger partial charge is 0.497 e. The van der Waals surface area contributed by atoms with E-state index in [1.807, 2.05) is 4.90 Å². The van der Waals surface area contributed by atoms with Gasteiger partial charge in [0.1, 0.15) is 23.4 Å². The summed E-state index contributed by atoms with van der Waals surface area (Å²) in [6.07, 6.45) is 0.234. The monoisotopic (exact) mass is 623 g/mol. The Morgan fingerprint density at radius 1 is 0.889 bits per heavy atom. The summed E-state index contributed by atoms with van der Waals surface area (Å²) in [6.45, 7) is 5.88. The first-order valence-corrected chi connectivity index (χ1v) is 14.9. The van der Waals surface area contributed by atoms with Crippen LogP contribution in [0.25, 0.3) is 0 Å². The number of nitrogens with one attached hydrogen (secondary N) is 3. The number of ketones is 1. The molecule has 2 fully saturated rings. The average Bonchev–Trinajstić information content (AvgIpc) is 3.79. The molecule has 2 aromatic rings. The molecule has 4 rings (SSSR count). The standard InChI is InChI=1S/C32H41N5O8/c1-20(34-27(38)18-37-12-14-44-15-13-37)30(41)36-26(17-22-6-10-24(43-3)11-7-22)31(42)35-25(28(39)32(2)19-45-32)16-21-4-8-23(9-5-21)29(33)40/h4-11,20,25-26H,12-19H2,1-3H3,(H2,33,40)(H,34,38)(H,35,42)(H,36,41)/t20-,25-,26-,32+/m0/s1. The lowest BCUT2D eigenvalue weighted by atomic mass is 9.93. The number of rotatable bonds is 15.